The second-order valence-electron chi connectivity index (χ2n) is 5.24. The third-order valence-corrected chi connectivity index (χ3v) is 4.09. The fraction of sp³-hybridized carbons (Fsp3) is 0.625. The Morgan fingerprint density at radius 2 is 1.78 bits per heavy atom. The molecule has 0 atom stereocenters. The van der Waals surface area contributed by atoms with Crippen LogP contribution in [-0.2, 0) is 13.1 Å². The average Bonchev–Trinajstić information content (AvgIpc) is 2.35. The highest BCUT2D eigenvalue weighted by Gasteiger charge is 2.16. The van der Waals surface area contributed by atoms with Crippen molar-refractivity contribution in [3.8, 4) is 0 Å². The van der Waals surface area contributed by atoms with Gasteiger partial charge in [0.25, 0.3) is 0 Å². The monoisotopic (exact) mass is 246 g/mol. The van der Waals surface area contributed by atoms with Gasteiger partial charge in [-0.2, -0.15) is 0 Å². The maximum Gasteiger partial charge on any atom is 0.0236 e. The lowest BCUT2D eigenvalue weighted by Gasteiger charge is -2.27. The van der Waals surface area contributed by atoms with Gasteiger partial charge in [0.2, 0.25) is 0 Å². The highest BCUT2D eigenvalue weighted by Crippen LogP contribution is 2.19. The molecule has 1 N–H and O–H groups in total. The number of benzene rings is 1. The molecular formula is C16H26N2. The van der Waals surface area contributed by atoms with E-state index in [4.69, 9.17) is 0 Å². The first kappa shape index (κ1) is 13.6. The number of nitrogens with one attached hydrogen (secondary N) is 1. The number of nitrogens with zero attached hydrogens (tertiary/aromatic N) is 1. The summed E-state index contributed by atoms with van der Waals surface area (Å²) in [5.74, 6) is 0. The van der Waals surface area contributed by atoms with Crippen LogP contribution in [0.3, 0.4) is 0 Å². The Morgan fingerprint density at radius 1 is 1.11 bits per heavy atom. The van der Waals surface area contributed by atoms with Gasteiger partial charge in [0, 0.05) is 19.1 Å². The lowest BCUT2D eigenvalue weighted by molar-refractivity contribution is 0.293. The van der Waals surface area contributed by atoms with Crippen LogP contribution in [0.4, 0.5) is 0 Å². The molecule has 0 amide bonds. The van der Waals surface area contributed by atoms with Crippen LogP contribution in [-0.4, -0.2) is 24.0 Å². The molecule has 2 rings (SSSR count). The van der Waals surface area contributed by atoms with Crippen molar-refractivity contribution >= 4 is 0 Å². The van der Waals surface area contributed by atoms with Gasteiger partial charge < -0.3 is 5.32 Å². The van der Waals surface area contributed by atoms with Gasteiger partial charge >= 0.3 is 0 Å². The first-order valence-electron chi connectivity index (χ1n) is 7.36. The number of hydrogen-bond acceptors (Lipinski definition) is 2. The zero-order valence-corrected chi connectivity index (χ0v) is 11.8. The van der Waals surface area contributed by atoms with E-state index in [9.17, 15) is 0 Å². The van der Waals surface area contributed by atoms with Crippen molar-refractivity contribution in [1.82, 2.24) is 10.2 Å². The van der Waals surface area contributed by atoms with Gasteiger partial charge in [0.05, 0.1) is 0 Å². The normalized spacial score (nSPS) is 15.9. The quantitative estimate of drug-likeness (QED) is 0.795. The highest BCUT2D eigenvalue weighted by atomic mass is 15.1. The maximum absolute atomic E-state index is 3.67. The summed E-state index contributed by atoms with van der Waals surface area (Å²) in [6.07, 6.45) is 4.12. The molecule has 0 aliphatic heterocycles. The molecule has 1 aromatic carbocycles. The van der Waals surface area contributed by atoms with Crippen molar-refractivity contribution < 1.29 is 0 Å². The summed E-state index contributed by atoms with van der Waals surface area (Å²) in [4.78, 5) is 2.47. The van der Waals surface area contributed by atoms with Gasteiger partial charge in [-0.05, 0) is 37.1 Å². The van der Waals surface area contributed by atoms with Crippen LogP contribution < -0.4 is 5.32 Å². The molecular weight excluding hydrogens is 220 g/mol. The van der Waals surface area contributed by atoms with Crippen LogP contribution in [0.25, 0.3) is 0 Å². The fourth-order valence-corrected chi connectivity index (χ4v) is 2.44. The average molecular weight is 246 g/mol. The third kappa shape index (κ3) is 3.56. The number of hydrogen-bond donors (Lipinski definition) is 1. The summed E-state index contributed by atoms with van der Waals surface area (Å²) in [6.45, 7) is 8.83. The minimum Gasteiger partial charge on any atom is -0.310 e. The predicted octanol–water partition coefficient (Wildman–Crippen LogP) is 3.17. The summed E-state index contributed by atoms with van der Waals surface area (Å²) >= 11 is 0. The lowest BCUT2D eigenvalue weighted by Crippen LogP contribution is -2.35. The van der Waals surface area contributed by atoms with Gasteiger partial charge in [-0.1, -0.05) is 44.5 Å². The highest BCUT2D eigenvalue weighted by molar-refractivity contribution is 5.27. The molecule has 1 fully saturated rings. The molecule has 0 radical (unpaired) electrons. The van der Waals surface area contributed by atoms with Crippen LogP contribution in [0.5, 0.6) is 0 Å². The van der Waals surface area contributed by atoms with Crippen LogP contribution in [0.15, 0.2) is 24.3 Å². The van der Waals surface area contributed by atoms with E-state index in [1.54, 1.807) is 0 Å². The summed E-state index contributed by atoms with van der Waals surface area (Å²) in [6, 6.07) is 9.63. The minimum atomic E-state index is 0.770. The van der Waals surface area contributed by atoms with E-state index in [2.05, 4.69) is 48.3 Å². The zero-order chi connectivity index (χ0) is 12.8. The lowest BCUT2D eigenvalue weighted by atomic mass is 9.93. The van der Waals surface area contributed by atoms with Crippen LogP contribution in [0.1, 0.15) is 44.2 Å². The summed E-state index contributed by atoms with van der Waals surface area (Å²) in [5.41, 5.74) is 2.95. The van der Waals surface area contributed by atoms with Gasteiger partial charge in [0.1, 0.15) is 0 Å². The molecule has 0 unspecified atom stereocenters. The Bertz CT molecular complexity index is 354. The first-order chi connectivity index (χ1) is 8.83. The summed E-state index contributed by atoms with van der Waals surface area (Å²) < 4.78 is 0. The van der Waals surface area contributed by atoms with E-state index in [0.29, 0.717) is 0 Å². The summed E-state index contributed by atoms with van der Waals surface area (Å²) in [5, 5.41) is 3.67. The van der Waals surface area contributed by atoms with E-state index in [1.165, 1.54) is 30.4 Å². The number of rotatable bonds is 7. The molecule has 2 heteroatoms. The second-order valence-corrected chi connectivity index (χ2v) is 5.24. The van der Waals surface area contributed by atoms with Crippen molar-refractivity contribution in [2.24, 2.45) is 0 Å². The van der Waals surface area contributed by atoms with Crippen molar-refractivity contribution in [3.05, 3.63) is 35.4 Å². The smallest absolute Gasteiger partial charge is 0.0236 e. The Labute approximate surface area is 111 Å². The third-order valence-electron chi connectivity index (χ3n) is 4.09. The van der Waals surface area contributed by atoms with Gasteiger partial charge in [-0.15, -0.1) is 0 Å². The fourth-order valence-electron chi connectivity index (χ4n) is 2.44. The molecule has 1 aliphatic rings. The largest absolute Gasteiger partial charge is 0.310 e. The molecule has 1 saturated carbocycles. The van der Waals surface area contributed by atoms with E-state index in [0.717, 1.165) is 32.2 Å². The van der Waals surface area contributed by atoms with Crippen molar-refractivity contribution in [1.29, 1.82) is 0 Å². The van der Waals surface area contributed by atoms with Gasteiger partial charge in [-0.3, -0.25) is 4.90 Å². The van der Waals surface area contributed by atoms with Crippen molar-refractivity contribution in [3.63, 3.8) is 0 Å². The molecule has 2 nitrogen and oxygen atoms in total. The van der Waals surface area contributed by atoms with E-state index in [-0.39, 0.29) is 0 Å². The zero-order valence-electron chi connectivity index (χ0n) is 11.8. The predicted molar refractivity (Wildman–Crippen MR) is 77.5 cm³/mol. The van der Waals surface area contributed by atoms with Gasteiger partial charge in [0.15, 0.2) is 0 Å². The second kappa shape index (κ2) is 6.91. The maximum atomic E-state index is 3.67. The topological polar surface area (TPSA) is 15.3 Å². The molecule has 18 heavy (non-hydrogen) atoms. The van der Waals surface area contributed by atoms with Crippen LogP contribution >= 0.6 is 0 Å². The van der Waals surface area contributed by atoms with E-state index in [1.807, 2.05) is 0 Å². The SMILES string of the molecule is CCN(CC)Cc1ccccc1CNC1CCC1. The minimum absolute atomic E-state index is 0.770. The molecule has 0 bridgehead atoms. The Hall–Kier alpha value is -0.860. The Kier molecular flexibility index (Phi) is 5.21. The molecule has 0 spiro atoms. The molecule has 0 heterocycles. The molecule has 1 aliphatic carbocycles. The molecule has 1 aromatic rings. The van der Waals surface area contributed by atoms with Crippen LogP contribution in [0, 0.1) is 0 Å². The Morgan fingerprint density at radius 3 is 2.33 bits per heavy atom. The van der Waals surface area contributed by atoms with E-state index < -0.39 is 0 Å². The van der Waals surface area contributed by atoms with Gasteiger partial charge in [-0.25, -0.2) is 0 Å². The molecule has 100 valence electrons. The standard InChI is InChI=1S/C16H26N2/c1-3-18(4-2)13-15-9-6-5-8-14(15)12-17-16-10-7-11-16/h5-6,8-9,16-17H,3-4,7,10-13H2,1-2H3. The van der Waals surface area contributed by atoms with Crippen LogP contribution in [0.2, 0.25) is 0 Å². The van der Waals surface area contributed by atoms with Crippen molar-refractivity contribution in [2.75, 3.05) is 13.1 Å². The molecule has 0 aromatic heterocycles. The molecule has 0 saturated heterocycles. The summed E-state index contributed by atoms with van der Waals surface area (Å²) in [7, 11) is 0. The van der Waals surface area contributed by atoms with Crippen molar-refractivity contribution in [2.45, 2.75) is 52.2 Å². The first-order valence-corrected chi connectivity index (χ1v) is 7.36. The Balaban J connectivity index is 1.95. The van der Waals surface area contributed by atoms with E-state index >= 15 is 0 Å².